The standard InChI is InChI=1S/C12H24N2O2/c1-15-12(3-2-4-12)11-13-5-6-14-7-9-16-10-8-14/h13H,2-11H2,1H3. The summed E-state index contributed by atoms with van der Waals surface area (Å²) in [4.78, 5) is 2.46. The van der Waals surface area contributed by atoms with Crippen molar-refractivity contribution in [1.82, 2.24) is 10.2 Å². The van der Waals surface area contributed by atoms with Gasteiger partial charge in [0.15, 0.2) is 0 Å². The first kappa shape index (κ1) is 12.3. The maximum absolute atomic E-state index is 5.57. The van der Waals surface area contributed by atoms with E-state index in [2.05, 4.69) is 10.2 Å². The van der Waals surface area contributed by atoms with Crippen LogP contribution >= 0.6 is 0 Å². The van der Waals surface area contributed by atoms with Crippen LogP contribution in [-0.4, -0.2) is 63.5 Å². The molecule has 0 bridgehead atoms. The highest BCUT2D eigenvalue weighted by Gasteiger charge is 2.36. The van der Waals surface area contributed by atoms with Crippen molar-refractivity contribution >= 4 is 0 Å². The van der Waals surface area contributed by atoms with E-state index in [9.17, 15) is 0 Å². The molecule has 2 rings (SSSR count). The van der Waals surface area contributed by atoms with Gasteiger partial charge < -0.3 is 14.8 Å². The van der Waals surface area contributed by atoms with Crippen molar-refractivity contribution in [3.8, 4) is 0 Å². The Morgan fingerprint density at radius 2 is 2.06 bits per heavy atom. The minimum absolute atomic E-state index is 0.158. The summed E-state index contributed by atoms with van der Waals surface area (Å²) in [5.41, 5.74) is 0.158. The van der Waals surface area contributed by atoms with Crippen molar-refractivity contribution in [2.75, 3.05) is 53.0 Å². The average Bonchev–Trinajstić information content (AvgIpc) is 2.29. The van der Waals surface area contributed by atoms with E-state index in [1.54, 1.807) is 0 Å². The third kappa shape index (κ3) is 3.17. The van der Waals surface area contributed by atoms with Crippen LogP contribution in [0, 0.1) is 0 Å². The molecule has 0 atom stereocenters. The van der Waals surface area contributed by atoms with Gasteiger partial charge in [-0.2, -0.15) is 0 Å². The fourth-order valence-corrected chi connectivity index (χ4v) is 2.40. The lowest BCUT2D eigenvalue weighted by Gasteiger charge is -2.40. The van der Waals surface area contributed by atoms with E-state index < -0.39 is 0 Å². The molecule has 0 spiro atoms. The van der Waals surface area contributed by atoms with Crippen molar-refractivity contribution in [3.05, 3.63) is 0 Å². The van der Waals surface area contributed by atoms with Gasteiger partial charge in [-0.1, -0.05) is 0 Å². The fraction of sp³-hybridized carbons (Fsp3) is 1.00. The predicted octanol–water partition coefficient (Wildman–Crippen LogP) is 0.477. The zero-order chi connectivity index (χ0) is 11.3. The number of nitrogens with zero attached hydrogens (tertiary/aromatic N) is 1. The smallest absolute Gasteiger partial charge is 0.0802 e. The Labute approximate surface area is 98.3 Å². The minimum Gasteiger partial charge on any atom is -0.379 e. The van der Waals surface area contributed by atoms with Crippen molar-refractivity contribution in [1.29, 1.82) is 0 Å². The van der Waals surface area contributed by atoms with Gasteiger partial charge in [0, 0.05) is 39.8 Å². The topological polar surface area (TPSA) is 33.7 Å². The summed E-state index contributed by atoms with van der Waals surface area (Å²) in [6.07, 6.45) is 3.75. The Hall–Kier alpha value is -0.160. The van der Waals surface area contributed by atoms with Crippen molar-refractivity contribution in [2.45, 2.75) is 24.9 Å². The molecule has 1 saturated heterocycles. The molecule has 2 fully saturated rings. The van der Waals surface area contributed by atoms with Gasteiger partial charge >= 0.3 is 0 Å². The number of rotatable bonds is 6. The quantitative estimate of drug-likeness (QED) is 0.670. The van der Waals surface area contributed by atoms with E-state index in [4.69, 9.17) is 9.47 Å². The van der Waals surface area contributed by atoms with Gasteiger partial charge in [-0.3, -0.25) is 4.90 Å². The Kier molecular flexibility index (Phi) is 4.58. The molecule has 0 aromatic carbocycles. The van der Waals surface area contributed by atoms with Crippen molar-refractivity contribution in [2.24, 2.45) is 0 Å². The van der Waals surface area contributed by atoms with Gasteiger partial charge in [-0.05, 0) is 19.3 Å². The SMILES string of the molecule is COC1(CNCCN2CCOCC2)CCC1. The summed E-state index contributed by atoms with van der Waals surface area (Å²) in [6, 6.07) is 0. The highest BCUT2D eigenvalue weighted by Crippen LogP contribution is 2.34. The molecule has 94 valence electrons. The average molecular weight is 228 g/mol. The van der Waals surface area contributed by atoms with Crippen LogP contribution in [0.5, 0.6) is 0 Å². The number of hydrogen-bond donors (Lipinski definition) is 1. The lowest BCUT2D eigenvalue weighted by Crippen LogP contribution is -2.49. The molecule has 2 aliphatic rings. The zero-order valence-corrected chi connectivity index (χ0v) is 10.3. The molecule has 0 amide bonds. The predicted molar refractivity (Wildman–Crippen MR) is 63.7 cm³/mol. The lowest BCUT2D eigenvalue weighted by molar-refractivity contribution is -0.0696. The molecule has 4 nitrogen and oxygen atoms in total. The molecule has 4 heteroatoms. The molecule has 1 aliphatic carbocycles. The fourth-order valence-electron chi connectivity index (χ4n) is 2.40. The van der Waals surface area contributed by atoms with Crippen molar-refractivity contribution < 1.29 is 9.47 Å². The monoisotopic (exact) mass is 228 g/mol. The normalized spacial score (nSPS) is 25.3. The van der Waals surface area contributed by atoms with Crippen LogP contribution in [0.1, 0.15) is 19.3 Å². The zero-order valence-electron chi connectivity index (χ0n) is 10.3. The summed E-state index contributed by atoms with van der Waals surface area (Å²) in [5, 5.41) is 3.52. The molecule has 0 unspecified atom stereocenters. The number of nitrogens with one attached hydrogen (secondary N) is 1. The summed E-state index contributed by atoms with van der Waals surface area (Å²) in [7, 11) is 1.84. The molecule has 1 heterocycles. The Bertz CT molecular complexity index is 196. The second-order valence-corrected chi connectivity index (χ2v) is 4.87. The largest absolute Gasteiger partial charge is 0.379 e. The highest BCUT2D eigenvalue weighted by atomic mass is 16.5. The second-order valence-electron chi connectivity index (χ2n) is 4.87. The van der Waals surface area contributed by atoms with Crippen LogP contribution in [0.4, 0.5) is 0 Å². The number of morpholine rings is 1. The Balaban J connectivity index is 1.54. The van der Waals surface area contributed by atoms with Gasteiger partial charge in [0.1, 0.15) is 0 Å². The Morgan fingerprint density at radius 3 is 2.62 bits per heavy atom. The van der Waals surface area contributed by atoms with Crippen LogP contribution in [0.3, 0.4) is 0 Å². The molecule has 0 radical (unpaired) electrons. The first-order valence-corrected chi connectivity index (χ1v) is 6.41. The van der Waals surface area contributed by atoms with E-state index in [0.717, 1.165) is 45.9 Å². The molecule has 1 saturated carbocycles. The third-order valence-corrected chi connectivity index (χ3v) is 3.85. The second kappa shape index (κ2) is 5.96. The molecule has 0 aromatic rings. The van der Waals surface area contributed by atoms with E-state index >= 15 is 0 Å². The van der Waals surface area contributed by atoms with Crippen LogP contribution < -0.4 is 5.32 Å². The van der Waals surface area contributed by atoms with E-state index in [1.165, 1.54) is 19.3 Å². The molecule has 1 aliphatic heterocycles. The number of hydrogen-bond acceptors (Lipinski definition) is 4. The molecule has 16 heavy (non-hydrogen) atoms. The van der Waals surface area contributed by atoms with Crippen molar-refractivity contribution in [3.63, 3.8) is 0 Å². The lowest BCUT2D eigenvalue weighted by atomic mass is 9.80. The minimum atomic E-state index is 0.158. The number of methoxy groups -OCH3 is 1. The molecular weight excluding hydrogens is 204 g/mol. The summed E-state index contributed by atoms with van der Waals surface area (Å²) in [5.74, 6) is 0. The Morgan fingerprint density at radius 1 is 1.31 bits per heavy atom. The van der Waals surface area contributed by atoms with Gasteiger partial charge in [-0.15, -0.1) is 0 Å². The van der Waals surface area contributed by atoms with E-state index in [0.29, 0.717) is 0 Å². The van der Waals surface area contributed by atoms with Gasteiger partial charge in [0.2, 0.25) is 0 Å². The number of ether oxygens (including phenoxy) is 2. The highest BCUT2D eigenvalue weighted by molar-refractivity contribution is 4.91. The summed E-state index contributed by atoms with van der Waals surface area (Å²) < 4.78 is 10.9. The first-order chi connectivity index (χ1) is 7.85. The van der Waals surface area contributed by atoms with Crippen LogP contribution in [0.2, 0.25) is 0 Å². The molecule has 1 N–H and O–H groups in total. The molecular formula is C12H24N2O2. The van der Waals surface area contributed by atoms with Crippen LogP contribution in [0.15, 0.2) is 0 Å². The maximum Gasteiger partial charge on any atom is 0.0802 e. The van der Waals surface area contributed by atoms with E-state index in [-0.39, 0.29) is 5.60 Å². The van der Waals surface area contributed by atoms with Gasteiger partial charge in [0.25, 0.3) is 0 Å². The summed E-state index contributed by atoms with van der Waals surface area (Å²) in [6.45, 7) is 7.14. The maximum atomic E-state index is 5.57. The van der Waals surface area contributed by atoms with Gasteiger partial charge in [-0.25, -0.2) is 0 Å². The third-order valence-electron chi connectivity index (χ3n) is 3.85. The van der Waals surface area contributed by atoms with Crippen LogP contribution in [-0.2, 0) is 9.47 Å². The van der Waals surface area contributed by atoms with E-state index in [1.807, 2.05) is 7.11 Å². The van der Waals surface area contributed by atoms with Crippen LogP contribution in [0.25, 0.3) is 0 Å². The first-order valence-electron chi connectivity index (χ1n) is 6.41. The summed E-state index contributed by atoms with van der Waals surface area (Å²) >= 11 is 0. The van der Waals surface area contributed by atoms with Gasteiger partial charge in [0.05, 0.1) is 18.8 Å². The molecule has 0 aromatic heterocycles.